The Hall–Kier alpha value is -0.900. The molecule has 0 aromatic heterocycles. The van der Waals surface area contributed by atoms with E-state index in [-0.39, 0.29) is 11.7 Å². The second kappa shape index (κ2) is 8.28. The minimum Gasteiger partial charge on any atom is -0.355 e. The highest BCUT2D eigenvalue weighted by molar-refractivity contribution is 5.78. The number of amides is 1. The Bertz CT molecular complexity index is 227. The van der Waals surface area contributed by atoms with Gasteiger partial charge in [0.1, 0.15) is 5.78 Å². The van der Waals surface area contributed by atoms with E-state index in [9.17, 15) is 9.59 Å². The summed E-state index contributed by atoms with van der Waals surface area (Å²) in [7, 11) is 1.90. The van der Waals surface area contributed by atoms with Crippen molar-refractivity contribution in [1.82, 2.24) is 10.2 Å². The van der Waals surface area contributed by atoms with Gasteiger partial charge in [-0.1, -0.05) is 13.8 Å². The third-order valence-electron chi connectivity index (χ3n) is 2.19. The number of hydrogen-bond donors (Lipinski definition) is 1. The summed E-state index contributed by atoms with van der Waals surface area (Å²) in [5, 5.41) is 2.86. The van der Waals surface area contributed by atoms with Crippen molar-refractivity contribution >= 4 is 11.7 Å². The van der Waals surface area contributed by atoms with Gasteiger partial charge in [0.05, 0.1) is 6.54 Å². The molecule has 0 fully saturated rings. The molecule has 0 aromatic carbocycles. The van der Waals surface area contributed by atoms with Crippen molar-refractivity contribution < 1.29 is 9.59 Å². The Labute approximate surface area is 98.4 Å². The van der Waals surface area contributed by atoms with Gasteiger partial charge in [-0.25, -0.2) is 0 Å². The van der Waals surface area contributed by atoms with Crippen LogP contribution in [0.5, 0.6) is 0 Å². The molecule has 0 heterocycles. The first-order chi connectivity index (χ1) is 7.41. The lowest BCUT2D eigenvalue weighted by molar-refractivity contribution is -0.122. The third-order valence-corrected chi connectivity index (χ3v) is 2.19. The van der Waals surface area contributed by atoms with Crippen LogP contribution in [-0.4, -0.2) is 43.3 Å². The van der Waals surface area contributed by atoms with Crippen LogP contribution in [0.25, 0.3) is 0 Å². The van der Waals surface area contributed by atoms with E-state index < -0.39 is 0 Å². The molecule has 0 aromatic rings. The van der Waals surface area contributed by atoms with Gasteiger partial charge in [0.15, 0.2) is 0 Å². The second-order valence-electron chi connectivity index (χ2n) is 4.74. The van der Waals surface area contributed by atoms with Gasteiger partial charge in [-0.15, -0.1) is 0 Å². The molecule has 0 saturated carbocycles. The summed E-state index contributed by atoms with van der Waals surface area (Å²) >= 11 is 0. The lowest BCUT2D eigenvalue weighted by Gasteiger charge is -2.16. The molecule has 4 nitrogen and oxygen atoms in total. The molecule has 0 spiro atoms. The molecule has 0 aliphatic rings. The van der Waals surface area contributed by atoms with E-state index in [0.29, 0.717) is 18.9 Å². The van der Waals surface area contributed by atoms with E-state index >= 15 is 0 Å². The molecule has 16 heavy (non-hydrogen) atoms. The molecule has 94 valence electrons. The number of ketones is 1. The lowest BCUT2D eigenvalue weighted by atomic mass is 10.2. The predicted octanol–water partition coefficient (Wildman–Crippen LogP) is 1.06. The van der Waals surface area contributed by atoms with Crippen LogP contribution in [-0.2, 0) is 9.59 Å². The Morgan fingerprint density at radius 2 is 1.94 bits per heavy atom. The van der Waals surface area contributed by atoms with Crippen molar-refractivity contribution in [2.24, 2.45) is 5.92 Å². The topological polar surface area (TPSA) is 49.4 Å². The fraction of sp³-hybridized carbons (Fsp3) is 0.833. The first kappa shape index (κ1) is 15.1. The molecule has 0 aliphatic carbocycles. The number of nitrogens with zero attached hydrogens (tertiary/aromatic N) is 1. The Balaban J connectivity index is 3.57. The number of Topliss-reactive ketones (excluding diaryl/α,β-unsaturated/α-hetero) is 1. The van der Waals surface area contributed by atoms with Gasteiger partial charge in [0, 0.05) is 13.0 Å². The van der Waals surface area contributed by atoms with E-state index in [1.54, 1.807) is 6.92 Å². The zero-order valence-electron chi connectivity index (χ0n) is 10.9. The van der Waals surface area contributed by atoms with Crippen LogP contribution in [0.15, 0.2) is 0 Å². The first-order valence-corrected chi connectivity index (χ1v) is 5.86. The van der Waals surface area contributed by atoms with E-state index in [1.807, 2.05) is 11.9 Å². The molecular formula is C12H24N2O2. The van der Waals surface area contributed by atoms with Crippen molar-refractivity contribution in [1.29, 1.82) is 0 Å². The Kier molecular flexibility index (Phi) is 7.81. The van der Waals surface area contributed by atoms with Crippen LogP contribution in [0.1, 0.15) is 33.6 Å². The summed E-state index contributed by atoms with van der Waals surface area (Å²) in [4.78, 5) is 24.1. The van der Waals surface area contributed by atoms with Gasteiger partial charge < -0.3 is 10.1 Å². The van der Waals surface area contributed by atoms with Gasteiger partial charge in [-0.05, 0) is 32.9 Å². The lowest BCUT2D eigenvalue weighted by Crippen LogP contribution is -2.37. The first-order valence-electron chi connectivity index (χ1n) is 5.86. The molecular weight excluding hydrogens is 204 g/mol. The SMILES string of the molecule is CC(=O)CCCN(C)CC(=O)NCC(C)C. The summed E-state index contributed by atoms with van der Waals surface area (Å²) in [6, 6.07) is 0. The van der Waals surface area contributed by atoms with Crippen LogP contribution < -0.4 is 5.32 Å². The maximum Gasteiger partial charge on any atom is 0.234 e. The molecule has 0 radical (unpaired) electrons. The average molecular weight is 228 g/mol. The zero-order valence-corrected chi connectivity index (χ0v) is 10.9. The molecule has 0 unspecified atom stereocenters. The molecule has 0 bridgehead atoms. The largest absolute Gasteiger partial charge is 0.355 e. The van der Waals surface area contributed by atoms with Crippen molar-refractivity contribution in [3.05, 3.63) is 0 Å². The molecule has 1 N–H and O–H groups in total. The maximum absolute atomic E-state index is 11.4. The minimum atomic E-state index is 0.0547. The molecule has 0 saturated heterocycles. The van der Waals surface area contributed by atoms with Gasteiger partial charge in [0.25, 0.3) is 0 Å². The van der Waals surface area contributed by atoms with Crippen LogP contribution in [0, 0.1) is 5.92 Å². The second-order valence-corrected chi connectivity index (χ2v) is 4.74. The number of nitrogens with one attached hydrogen (secondary N) is 1. The van der Waals surface area contributed by atoms with Crippen LogP contribution in [0.4, 0.5) is 0 Å². The van der Waals surface area contributed by atoms with Crippen LogP contribution in [0.3, 0.4) is 0 Å². The number of likely N-dealkylation sites (N-methyl/N-ethyl adjacent to an activating group) is 1. The van der Waals surface area contributed by atoms with E-state index in [1.165, 1.54) is 0 Å². The number of carbonyl (C=O) groups excluding carboxylic acids is 2. The van der Waals surface area contributed by atoms with Gasteiger partial charge in [-0.3, -0.25) is 9.69 Å². The maximum atomic E-state index is 11.4. The highest BCUT2D eigenvalue weighted by Crippen LogP contribution is 1.94. The Morgan fingerprint density at radius 3 is 2.44 bits per heavy atom. The van der Waals surface area contributed by atoms with Crippen molar-refractivity contribution in [2.45, 2.75) is 33.6 Å². The van der Waals surface area contributed by atoms with Gasteiger partial charge >= 0.3 is 0 Å². The fourth-order valence-electron chi connectivity index (χ4n) is 1.30. The molecule has 1 amide bonds. The molecule has 4 heteroatoms. The van der Waals surface area contributed by atoms with Crippen molar-refractivity contribution in [3.63, 3.8) is 0 Å². The summed E-state index contributed by atoms with van der Waals surface area (Å²) in [5.74, 6) is 0.739. The third kappa shape index (κ3) is 9.65. The highest BCUT2D eigenvalue weighted by Gasteiger charge is 2.06. The fourth-order valence-corrected chi connectivity index (χ4v) is 1.30. The molecule has 0 aliphatic heterocycles. The minimum absolute atomic E-state index is 0.0547. The summed E-state index contributed by atoms with van der Waals surface area (Å²) in [6.45, 7) is 7.64. The van der Waals surface area contributed by atoms with Crippen molar-refractivity contribution in [2.75, 3.05) is 26.7 Å². The molecule has 0 atom stereocenters. The normalized spacial score (nSPS) is 10.9. The standard InChI is InChI=1S/C12H24N2O2/c1-10(2)8-13-12(16)9-14(4)7-5-6-11(3)15/h10H,5-9H2,1-4H3,(H,13,16). The van der Waals surface area contributed by atoms with E-state index in [4.69, 9.17) is 0 Å². The van der Waals surface area contributed by atoms with Gasteiger partial charge in [0.2, 0.25) is 5.91 Å². The van der Waals surface area contributed by atoms with Crippen LogP contribution >= 0.6 is 0 Å². The van der Waals surface area contributed by atoms with Gasteiger partial charge in [-0.2, -0.15) is 0 Å². The average Bonchev–Trinajstić information content (AvgIpc) is 2.14. The van der Waals surface area contributed by atoms with Crippen LogP contribution in [0.2, 0.25) is 0 Å². The number of carbonyl (C=O) groups is 2. The predicted molar refractivity (Wildman–Crippen MR) is 65.3 cm³/mol. The summed E-state index contributed by atoms with van der Waals surface area (Å²) in [5.41, 5.74) is 0. The number of hydrogen-bond acceptors (Lipinski definition) is 3. The summed E-state index contributed by atoms with van der Waals surface area (Å²) in [6.07, 6.45) is 1.42. The van der Waals surface area contributed by atoms with E-state index in [2.05, 4.69) is 19.2 Å². The summed E-state index contributed by atoms with van der Waals surface area (Å²) < 4.78 is 0. The quantitative estimate of drug-likeness (QED) is 0.676. The zero-order chi connectivity index (χ0) is 12.6. The Morgan fingerprint density at radius 1 is 1.31 bits per heavy atom. The monoisotopic (exact) mass is 228 g/mol. The number of rotatable bonds is 8. The highest BCUT2D eigenvalue weighted by atomic mass is 16.2. The van der Waals surface area contributed by atoms with Crippen molar-refractivity contribution in [3.8, 4) is 0 Å². The smallest absolute Gasteiger partial charge is 0.234 e. The molecule has 0 rings (SSSR count). The van der Waals surface area contributed by atoms with E-state index in [0.717, 1.165) is 19.5 Å².